The van der Waals surface area contributed by atoms with Crippen LogP contribution in [0.1, 0.15) is 37.8 Å². The summed E-state index contributed by atoms with van der Waals surface area (Å²) in [4.78, 5) is 17.0. The van der Waals surface area contributed by atoms with Crippen LogP contribution in [-0.4, -0.2) is 59.9 Å². The zero-order chi connectivity index (χ0) is 16.6. The lowest BCUT2D eigenvalue weighted by atomic mass is 9.79. The monoisotopic (exact) mass is 330 g/mol. The van der Waals surface area contributed by atoms with Crippen LogP contribution in [0.25, 0.3) is 0 Å². The molecular weight excluding hydrogens is 304 g/mol. The molecule has 24 heavy (non-hydrogen) atoms. The van der Waals surface area contributed by atoms with Gasteiger partial charge in [-0.25, -0.2) is 0 Å². The van der Waals surface area contributed by atoms with Crippen LogP contribution in [0.2, 0.25) is 0 Å². The molecule has 3 aliphatic heterocycles. The Morgan fingerprint density at radius 2 is 2.12 bits per heavy atom. The number of rotatable bonds is 2. The second kappa shape index (κ2) is 6.31. The Bertz CT molecular complexity index is 600. The predicted octanol–water partition coefficient (Wildman–Crippen LogP) is 1.78. The molecule has 1 aromatic heterocycles. The molecule has 3 saturated heterocycles. The molecule has 1 spiro atoms. The van der Waals surface area contributed by atoms with Crippen molar-refractivity contribution in [2.24, 2.45) is 5.41 Å². The van der Waals surface area contributed by atoms with Gasteiger partial charge in [0.15, 0.2) is 5.82 Å². The highest BCUT2D eigenvalue weighted by atomic mass is 16.5. The standard InChI is InChI=1S/C18H26N4O2/c1-14-5-6-16(20-19-14)21-9-3-7-18(12-21)8-10-22(13-18)17(23)15-4-2-11-24-15/h5-6,15H,2-4,7-13H2,1H3/t15-,18?/m0/s1. The zero-order valence-corrected chi connectivity index (χ0v) is 14.4. The summed E-state index contributed by atoms with van der Waals surface area (Å²) in [5, 5.41) is 8.54. The maximum absolute atomic E-state index is 12.6. The van der Waals surface area contributed by atoms with Crippen molar-refractivity contribution in [2.45, 2.75) is 45.1 Å². The minimum atomic E-state index is -0.192. The number of piperidine rings is 1. The number of aromatic nitrogens is 2. The van der Waals surface area contributed by atoms with E-state index < -0.39 is 0 Å². The number of amides is 1. The highest BCUT2D eigenvalue weighted by Gasteiger charge is 2.44. The van der Waals surface area contributed by atoms with Crippen LogP contribution in [-0.2, 0) is 9.53 Å². The Morgan fingerprint density at radius 3 is 2.88 bits per heavy atom. The molecule has 3 fully saturated rings. The Balaban J connectivity index is 1.43. The van der Waals surface area contributed by atoms with E-state index in [0.29, 0.717) is 0 Å². The van der Waals surface area contributed by atoms with Crippen molar-refractivity contribution < 1.29 is 9.53 Å². The lowest BCUT2D eigenvalue weighted by Crippen LogP contribution is -2.46. The molecule has 1 aromatic rings. The van der Waals surface area contributed by atoms with Crippen LogP contribution in [0.3, 0.4) is 0 Å². The van der Waals surface area contributed by atoms with Crippen molar-refractivity contribution in [3.8, 4) is 0 Å². The molecule has 0 N–H and O–H groups in total. The lowest BCUT2D eigenvalue weighted by molar-refractivity contribution is -0.140. The molecule has 4 heterocycles. The Labute approximate surface area is 143 Å². The van der Waals surface area contributed by atoms with Crippen LogP contribution in [0.4, 0.5) is 5.82 Å². The Hall–Kier alpha value is -1.69. The third-order valence-corrected chi connectivity index (χ3v) is 5.72. The van der Waals surface area contributed by atoms with Crippen LogP contribution >= 0.6 is 0 Å². The molecule has 1 amide bonds. The Kier molecular flexibility index (Phi) is 4.16. The topological polar surface area (TPSA) is 58.6 Å². The number of aryl methyl sites for hydroxylation is 1. The fraction of sp³-hybridized carbons (Fsp3) is 0.722. The summed E-state index contributed by atoms with van der Waals surface area (Å²) in [6.07, 6.45) is 5.13. The van der Waals surface area contributed by atoms with Gasteiger partial charge in [0, 0.05) is 38.2 Å². The second-order valence-corrected chi connectivity index (χ2v) is 7.57. The van der Waals surface area contributed by atoms with Crippen molar-refractivity contribution in [2.75, 3.05) is 37.7 Å². The average molecular weight is 330 g/mol. The zero-order valence-electron chi connectivity index (χ0n) is 14.4. The summed E-state index contributed by atoms with van der Waals surface area (Å²) in [5.41, 5.74) is 1.15. The number of nitrogens with zero attached hydrogens (tertiary/aromatic N) is 4. The predicted molar refractivity (Wildman–Crippen MR) is 90.8 cm³/mol. The van der Waals surface area contributed by atoms with Gasteiger partial charge in [0.25, 0.3) is 5.91 Å². The minimum absolute atomic E-state index is 0.192. The number of anilines is 1. The summed E-state index contributed by atoms with van der Waals surface area (Å²) < 4.78 is 5.58. The van der Waals surface area contributed by atoms with Crippen LogP contribution in [0.15, 0.2) is 12.1 Å². The lowest BCUT2D eigenvalue weighted by Gasteiger charge is -2.40. The molecule has 0 saturated carbocycles. The largest absolute Gasteiger partial charge is 0.368 e. The first-order chi connectivity index (χ1) is 11.7. The average Bonchev–Trinajstić information content (AvgIpc) is 3.26. The molecular formula is C18H26N4O2. The first-order valence-corrected chi connectivity index (χ1v) is 9.11. The molecule has 0 radical (unpaired) electrons. The third-order valence-electron chi connectivity index (χ3n) is 5.72. The number of carbonyl (C=O) groups excluding carboxylic acids is 1. The number of hydrogen-bond donors (Lipinski definition) is 0. The maximum atomic E-state index is 12.6. The SMILES string of the molecule is Cc1ccc(N2CCCC3(CCN(C(=O)[C@@H]4CCCO4)C3)C2)nn1. The van der Waals surface area contributed by atoms with Gasteiger partial charge in [-0.15, -0.1) is 5.10 Å². The molecule has 3 aliphatic rings. The Morgan fingerprint density at radius 1 is 1.21 bits per heavy atom. The third kappa shape index (κ3) is 2.99. The van der Waals surface area contributed by atoms with Crippen LogP contribution in [0.5, 0.6) is 0 Å². The van der Waals surface area contributed by atoms with E-state index in [4.69, 9.17) is 4.74 Å². The fourth-order valence-electron chi connectivity index (χ4n) is 4.40. The van der Waals surface area contributed by atoms with Crippen molar-refractivity contribution in [1.82, 2.24) is 15.1 Å². The van der Waals surface area contributed by atoms with Crippen LogP contribution in [0, 0.1) is 12.3 Å². The van der Waals surface area contributed by atoms with Gasteiger partial charge in [-0.2, -0.15) is 5.10 Å². The molecule has 4 rings (SSSR count). The van der Waals surface area contributed by atoms with Gasteiger partial charge < -0.3 is 14.5 Å². The van der Waals surface area contributed by atoms with Crippen molar-refractivity contribution in [3.63, 3.8) is 0 Å². The number of likely N-dealkylation sites (tertiary alicyclic amines) is 1. The quantitative estimate of drug-likeness (QED) is 0.827. The van der Waals surface area contributed by atoms with E-state index in [-0.39, 0.29) is 17.4 Å². The molecule has 0 bridgehead atoms. The summed E-state index contributed by atoms with van der Waals surface area (Å²) in [6.45, 7) is 6.42. The summed E-state index contributed by atoms with van der Waals surface area (Å²) in [7, 11) is 0. The van der Waals surface area contributed by atoms with E-state index in [1.54, 1.807) is 0 Å². The number of hydrogen-bond acceptors (Lipinski definition) is 5. The van der Waals surface area contributed by atoms with Crippen molar-refractivity contribution in [3.05, 3.63) is 17.8 Å². The van der Waals surface area contributed by atoms with Gasteiger partial charge in [0.05, 0.1) is 5.69 Å². The minimum Gasteiger partial charge on any atom is -0.368 e. The van der Waals surface area contributed by atoms with Crippen LogP contribution < -0.4 is 4.90 Å². The first-order valence-electron chi connectivity index (χ1n) is 9.11. The van der Waals surface area contributed by atoms with Gasteiger partial charge >= 0.3 is 0 Å². The molecule has 130 valence electrons. The molecule has 6 heteroatoms. The fourth-order valence-corrected chi connectivity index (χ4v) is 4.40. The van der Waals surface area contributed by atoms with Gasteiger partial charge in [-0.1, -0.05) is 0 Å². The van der Waals surface area contributed by atoms with Gasteiger partial charge in [0.1, 0.15) is 6.10 Å². The highest BCUT2D eigenvalue weighted by Crippen LogP contribution is 2.40. The van der Waals surface area contributed by atoms with E-state index in [1.165, 1.54) is 6.42 Å². The smallest absolute Gasteiger partial charge is 0.251 e. The molecule has 1 unspecified atom stereocenters. The van der Waals surface area contributed by atoms with E-state index in [1.807, 2.05) is 17.9 Å². The number of carbonyl (C=O) groups is 1. The second-order valence-electron chi connectivity index (χ2n) is 7.57. The van der Waals surface area contributed by atoms with E-state index >= 15 is 0 Å². The van der Waals surface area contributed by atoms with E-state index in [9.17, 15) is 4.79 Å². The van der Waals surface area contributed by atoms with Gasteiger partial charge in [-0.05, 0) is 51.2 Å². The van der Waals surface area contributed by atoms with E-state index in [0.717, 1.165) is 70.0 Å². The van der Waals surface area contributed by atoms with E-state index in [2.05, 4.69) is 21.2 Å². The molecule has 6 nitrogen and oxygen atoms in total. The number of ether oxygens (including phenoxy) is 1. The maximum Gasteiger partial charge on any atom is 0.251 e. The normalized spacial score (nSPS) is 30.3. The van der Waals surface area contributed by atoms with Gasteiger partial charge in [0.2, 0.25) is 0 Å². The highest BCUT2D eigenvalue weighted by molar-refractivity contribution is 5.81. The van der Waals surface area contributed by atoms with Crippen molar-refractivity contribution >= 4 is 11.7 Å². The molecule has 0 aliphatic carbocycles. The van der Waals surface area contributed by atoms with Gasteiger partial charge in [-0.3, -0.25) is 4.79 Å². The summed E-state index contributed by atoms with van der Waals surface area (Å²) >= 11 is 0. The van der Waals surface area contributed by atoms with Crippen molar-refractivity contribution in [1.29, 1.82) is 0 Å². The summed E-state index contributed by atoms with van der Waals surface area (Å²) in [6, 6.07) is 4.08. The summed E-state index contributed by atoms with van der Waals surface area (Å²) in [5.74, 6) is 1.17. The molecule has 0 aromatic carbocycles. The first kappa shape index (κ1) is 15.8. The molecule has 2 atom stereocenters.